The maximum Gasteiger partial charge on any atom is 0.256 e. The molecule has 1 aliphatic rings. The van der Waals surface area contributed by atoms with Gasteiger partial charge in [0.1, 0.15) is 11.4 Å². The van der Waals surface area contributed by atoms with E-state index in [4.69, 9.17) is 10.5 Å². The second kappa shape index (κ2) is 5.86. The molecule has 100 valence electrons. The highest BCUT2D eigenvalue weighted by molar-refractivity contribution is 5.98. The van der Waals surface area contributed by atoms with Gasteiger partial charge in [-0.1, -0.05) is 12.8 Å². The molecule has 0 unspecified atom stereocenters. The summed E-state index contributed by atoms with van der Waals surface area (Å²) in [4.78, 5) is 11.8. The van der Waals surface area contributed by atoms with E-state index < -0.39 is 0 Å². The summed E-state index contributed by atoms with van der Waals surface area (Å²) in [7, 11) is 1.70. The minimum Gasteiger partial charge on any atom is -0.383 e. The van der Waals surface area contributed by atoms with Crippen molar-refractivity contribution in [2.75, 3.05) is 18.9 Å². The molecule has 0 bridgehead atoms. The number of nitrogen functional groups attached to an aromatic ring is 1. The number of nitrogens with two attached hydrogens (primary N) is 1. The van der Waals surface area contributed by atoms with Crippen LogP contribution in [-0.2, 0) is 11.8 Å². The number of hydrogen-bond acceptors (Lipinski definition) is 4. The molecule has 0 spiro atoms. The number of aryl methyl sites for hydroxylation is 1. The third kappa shape index (κ3) is 3.01. The minimum absolute atomic E-state index is 0.198. The molecular weight excluding hydrogens is 232 g/mol. The Labute approximate surface area is 106 Å². The first kappa shape index (κ1) is 12.9. The van der Waals surface area contributed by atoms with E-state index in [9.17, 15) is 4.79 Å². The zero-order valence-electron chi connectivity index (χ0n) is 10.7. The van der Waals surface area contributed by atoms with E-state index in [1.807, 2.05) is 0 Å². The molecule has 1 saturated carbocycles. The number of hydrogen-bond donors (Lipinski definition) is 2. The van der Waals surface area contributed by atoms with Crippen molar-refractivity contribution < 1.29 is 9.53 Å². The van der Waals surface area contributed by atoms with Crippen LogP contribution in [0.2, 0.25) is 0 Å². The molecule has 6 heteroatoms. The quantitative estimate of drug-likeness (QED) is 0.755. The van der Waals surface area contributed by atoms with Crippen molar-refractivity contribution in [1.82, 2.24) is 15.1 Å². The molecule has 0 saturated heterocycles. The number of nitrogens with one attached hydrogen (secondary N) is 1. The predicted octanol–water partition coefficient (Wildman–Crippen LogP) is 0.691. The molecule has 6 nitrogen and oxygen atoms in total. The van der Waals surface area contributed by atoms with Crippen molar-refractivity contribution in [2.45, 2.75) is 31.8 Å². The summed E-state index contributed by atoms with van der Waals surface area (Å²) in [6, 6.07) is 0. The molecule has 1 heterocycles. The molecular formula is C12H20N4O2. The SMILES string of the molecule is Cn1ncc(C(=O)NCCOC2CCCC2)c1N. The largest absolute Gasteiger partial charge is 0.383 e. The van der Waals surface area contributed by atoms with Gasteiger partial charge in [0.2, 0.25) is 0 Å². The average molecular weight is 252 g/mol. The van der Waals surface area contributed by atoms with Crippen molar-refractivity contribution in [3.8, 4) is 0 Å². The molecule has 1 aliphatic carbocycles. The van der Waals surface area contributed by atoms with Gasteiger partial charge in [0.05, 0.1) is 18.9 Å². The molecule has 0 aromatic carbocycles. The van der Waals surface area contributed by atoms with Crippen LogP contribution in [-0.4, -0.2) is 34.9 Å². The lowest BCUT2D eigenvalue weighted by Gasteiger charge is -2.11. The summed E-state index contributed by atoms with van der Waals surface area (Å²) in [5, 5.41) is 6.71. The standard InChI is InChI=1S/C12H20N4O2/c1-16-11(13)10(8-15-16)12(17)14-6-7-18-9-4-2-3-5-9/h8-9H,2-7,13H2,1H3,(H,14,17). The van der Waals surface area contributed by atoms with Crippen LogP contribution in [0.25, 0.3) is 0 Å². The van der Waals surface area contributed by atoms with Gasteiger partial charge in [-0.25, -0.2) is 0 Å². The van der Waals surface area contributed by atoms with Gasteiger partial charge in [-0.05, 0) is 12.8 Å². The Hall–Kier alpha value is -1.56. The highest BCUT2D eigenvalue weighted by atomic mass is 16.5. The number of amides is 1. The van der Waals surface area contributed by atoms with Crippen LogP contribution in [0, 0.1) is 0 Å². The van der Waals surface area contributed by atoms with E-state index in [0.29, 0.717) is 30.6 Å². The van der Waals surface area contributed by atoms with E-state index in [1.54, 1.807) is 7.05 Å². The Morgan fingerprint density at radius 2 is 2.33 bits per heavy atom. The number of aromatic nitrogens is 2. The predicted molar refractivity (Wildman–Crippen MR) is 68.2 cm³/mol. The number of anilines is 1. The van der Waals surface area contributed by atoms with Crippen LogP contribution in [0.3, 0.4) is 0 Å². The van der Waals surface area contributed by atoms with Crippen molar-refractivity contribution >= 4 is 11.7 Å². The van der Waals surface area contributed by atoms with E-state index >= 15 is 0 Å². The first-order chi connectivity index (χ1) is 8.68. The molecule has 1 fully saturated rings. The third-order valence-electron chi connectivity index (χ3n) is 3.27. The molecule has 1 aromatic heterocycles. The van der Waals surface area contributed by atoms with E-state index in [0.717, 1.165) is 12.8 Å². The summed E-state index contributed by atoms with van der Waals surface area (Å²) >= 11 is 0. The second-order valence-electron chi connectivity index (χ2n) is 4.60. The van der Waals surface area contributed by atoms with Gasteiger partial charge < -0.3 is 15.8 Å². The van der Waals surface area contributed by atoms with Gasteiger partial charge in [-0.15, -0.1) is 0 Å². The van der Waals surface area contributed by atoms with Crippen LogP contribution < -0.4 is 11.1 Å². The molecule has 2 rings (SSSR count). The van der Waals surface area contributed by atoms with Crippen molar-refractivity contribution in [3.63, 3.8) is 0 Å². The molecule has 1 amide bonds. The lowest BCUT2D eigenvalue weighted by Crippen LogP contribution is -2.28. The molecule has 18 heavy (non-hydrogen) atoms. The Morgan fingerprint density at radius 1 is 1.61 bits per heavy atom. The van der Waals surface area contributed by atoms with E-state index in [-0.39, 0.29) is 5.91 Å². The Balaban J connectivity index is 1.70. The first-order valence-corrected chi connectivity index (χ1v) is 6.35. The second-order valence-corrected chi connectivity index (χ2v) is 4.60. The normalized spacial score (nSPS) is 16.1. The first-order valence-electron chi connectivity index (χ1n) is 6.35. The summed E-state index contributed by atoms with van der Waals surface area (Å²) in [5.74, 6) is 0.180. The maximum absolute atomic E-state index is 11.8. The van der Waals surface area contributed by atoms with Crippen LogP contribution in [0.1, 0.15) is 36.0 Å². The van der Waals surface area contributed by atoms with Crippen LogP contribution in [0.5, 0.6) is 0 Å². The fraction of sp³-hybridized carbons (Fsp3) is 0.667. The number of ether oxygens (including phenoxy) is 1. The number of carbonyl (C=O) groups excluding carboxylic acids is 1. The van der Waals surface area contributed by atoms with Gasteiger partial charge in [0.15, 0.2) is 0 Å². The van der Waals surface area contributed by atoms with Gasteiger partial charge >= 0.3 is 0 Å². The molecule has 0 atom stereocenters. The molecule has 1 aromatic rings. The van der Waals surface area contributed by atoms with Gasteiger partial charge in [-0.2, -0.15) is 5.10 Å². The molecule has 0 radical (unpaired) electrons. The van der Waals surface area contributed by atoms with Crippen LogP contribution >= 0.6 is 0 Å². The minimum atomic E-state index is -0.198. The zero-order valence-corrected chi connectivity index (χ0v) is 10.7. The summed E-state index contributed by atoms with van der Waals surface area (Å²) in [5.41, 5.74) is 6.13. The summed E-state index contributed by atoms with van der Waals surface area (Å²) in [6.45, 7) is 1.06. The Kier molecular flexibility index (Phi) is 4.19. The highest BCUT2D eigenvalue weighted by Gasteiger charge is 2.16. The fourth-order valence-electron chi connectivity index (χ4n) is 2.16. The highest BCUT2D eigenvalue weighted by Crippen LogP contribution is 2.20. The Bertz CT molecular complexity index is 410. The van der Waals surface area contributed by atoms with E-state index in [2.05, 4.69) is 10.4 Å². The van der Waals surface area contributed by atoms with Crippen molar-refractivity contribution in [1.29, 1.82) is 0 Å². The number of carbonyl (C=O) groups is 1. The Morgan fingerprint density at radius 3 is 2.94 bits per heavy atom. The van der Waals surface area contributed by atoms with Gasteiger partial charge in [0.25, 0.3) is 5.91 Å². The number of nitrogens with zero attached hydrogens (tertiary/aromatic N) is 2. The summed E-state index contributed by atoms with van der Waals surface area (Å²) in [6.07, 6.45) is 6.65. The monoisotopic (exact) mass is 252 g/mol. The maximum atomic E-state index is 11.8. The van der Waals surface area contributed by atoms with Crippen molar-refractivity contribution in [2.24, 2.45) is 7.05 Å². The average Bonchev–Trinajstić information content (AvgIpc) is 2.97. The van der Waals surface area contributed by atoms with Crippen LogP contribution in [0.4, 0.5) is 5.82 Å². The van der Waals surface area contributed by atoms with Crippen molar-refractivity contribution in [3.05, 3.63) is 11.8 Å². The fourth-order valence-corrected chi connectivity index (χ4v) is 2.16. The lowest BCUT2D eigenvalue weighted by atomic mass is 10.3. The topological polar surface area (TPSA) is 82.2 Å². The lowest BCUT2D eigenvalue weighted by molar-refractivity contribution is 0.0582. The molecule has 0 aliphatic heterocycles. The molecule has 3 N–H and O–H groups in total. The zero-order chi connectivity index (χ0) is 13.0. The number of rotatable bonds is 5. The van der Waals surface area contributed by atoms with E-state index in [1.165, 1.54) is 23.7 Å². The van der Waals surface area contributed by atoms with Gasteiger partial charge in [-0.3, -0.25) is 9.48 Å². The third-order valence-corrected chi connectivity index (χ3v) is 3.27. The van der Waals surface area contributed by atoms with Crippen LogP contribution in [0.15, 0.2) is 6.20 Å². The smallest absolute Gasteiger partial charge is 0.256 e. The summed E-state index contributed by atoms with van der Waals surface area (Å²) < 4.78 is 7.13. The van der Waals surface area contributed by atoms with Gasteiger partial charge in [0, 0.05) is 13.6 Å².